The van der Waals surface area contributed by atoms with Gasteiger partial charge in [0, 0.05) is 31.7 Å². The van der Waals surface area contributed by atoms with Gasteiger partial charge in [-0.05, 0) is 56.5 Å². The number of aryl methyl sites for hydroxylation is 3. The maximum absolute atomic E-state index is 12.9. The lowest BCUT2D eigenvalue weighted by atomic mass is 10.1. The van der Waals surface area contributed by atoms with Gasteiger partial charge in [-0.25, -0.2) is 13.4 Å². The Bertz CT molecular complexity index is 1210. The Hall–Kier alpha value is -2.71. The molecule has 1 aliphatic rings. The van der Waals surface area contributed by atoms with Crippen molar-refractivity contribution in [2.45, 2.75) is 51.0 Å². The van der Waals surface area contributed by atoms with Gasteiger partial charge in [0.2, 0.25) is 15.9 Å². The number of sulfonamides is 1. The summed E-state index contributed by atoms with van der Waals surface area (Å²) in [4.78, 5) is 17.1. The number of rotatable bonds is 6. The number of carbonyl (C=O) groups is 1. The fraction of sp³-hybridized carbons (Fsp3) is 0.391. The molecule has 1 N–H and O–H groups in total. The van der Waals surface area contributed by atoms with Gasteiger partial charge in [-0.15, -0.1) is 0 Å². The van der Waals surface area contributed by atoms with Gasteiger partial charge >= 0.3 is 0 Å². The van der Waals surface area contributed by atoms with Gasteiger partial charge in [0.1, 0.15) is 0 Å². The van der Waals surface area contributed by atoms with Crippen LogP contribution in [0.2, 0.25) is 0 Å². The minimum atomic E-state index is -3.49. The summed E-state index contributed by atoms with van der Waals surface area (Å²) in [5.74, 6) is -0.0712. The first-order valence-electron chi connectivity index (χ1n) is 10.7. The van der Waals surface area contributed by atoms with E-state index in [1.807, 2.05) is 36.6 Å². The molecule has 1 aliphatic heterocycles. The molecule has 0 aliphatic carbocycles. The summed E-state index contributed by atoms with van der Waals surface area (Å²) in [6, 6.07) is 11.0. The van der Waals surface area contributed by atoms with Gasteiger partial charge < -0.3 is 9.88 Å². The summed E-state index contributed by atoms with van der Waals surface area (Å²) in [6.07, 6.45) is 4.84. The topological polar surface area (TPSA) is 84.3 Å². The monoisotopic (exact) mass is 440 g/mol. The number of hydrogen-bond acceptors (Lipinski definition) is 4. The lowest BCUT2D eigenvalue weighted by molar-refractivity contribution is -0.116. The predicted octanol–water partition coefficient (Wildman–Crippen LogP) is 3.86. The second-order valence-electron chi connectivity index (χ2n) is 8.17. The highest BCUT2D eigenvalue weighted by Crippen LogP contribution is 2.24. The Morgan fingerprint density at radius 3 is 2.58 bits per heavy atom. The van der Waals surface area contributed by atoms with Gasteiger partial charge in [0.15, 0.2) is 0 Å². The molecule has 0 radical (unpaired) electrons. The molecule has 2 aromatic carbocycles. The third-order valence-corrected chi connectivity index (χ3v) is 7.68. The van der Waals surface area contributed by atoms with Gasteiger partial charge in [0.25, 0.3) is 0 Å². The molecule has 7 nitrogen and oxygen atoms in total. The molecule has 0 saturated carbocycles. The number of nitrogens with one attached hydrogen (secondary N) is 1. The van der Waals surface area contributed by atoms with Crippen LogP contribution in [-0.4, -0.2) is 41.3 Å². The van der Waals surface area contributed by atoms with E-state index in [9.17, 15) is 13.2 Å². The van der Waals surface area contributed by atoms with E-state index in [4.69, 9.17) is 0 Å². The van der Waals surface area contributed by atoms with Crippen LogP contribution in [0.15, 0.2) is 47.6 Å². The van der Waals surface area contributed by atoms with Crippen LogP contribution in [0.5, 0.6) is 0 Å². The highest BCUT2D eigenvalue weighted by atomic mass is 32.2. The predicted molar refractivity (Wildman–Crippen MR) is 122 cm³/mol. The molecule has 164 valence electrons. The second-order valence-corrected chi connectivity index (χ2v) is 10.1. The number of piperidine rings is 1. The van der Waals surface area contributed by atoms with Crippen LogP contribution in [0, 0.1) is 13.8 Å². The van der Waals surface area contributed by atoms with Crippen molar-refractivity contribution in [3.05, 3.63) is 53.9 Å². The van der Waals surface area contributed by atoms with Crippen LogP contribution in [0.1, 0.15) is 36.8 Å². The quantitative estimate of drug-likeness (QED) is 0.631. The van der Waals surface area contributed by atoms with Gasteiger partial charge in [-0.3, -0.25) is 4.79 Å². The molecule has 3 aromatic rings. The highest BCUT2D eigenvalue weighted by Gasteiger charge is 2.26. The van der Waals surface area contributed by atoms with Crippen molar-refractivity contribution in [3.8, 4) is 0 Å². The first-order chi connectivity index (χ1) is 14.8. The van der Waals surface area contributed by atoms with E-state index in [2.05, 4.69) is 10.3 Å². The molecular formula is C23H28N4O3S. The Balaban J connectivity index is 1.45. The van der Waals surface area contributed by atoms with Gasteiger partial charge in [0.05, 0.1) is 22.3 Å². The van der Waals surface area contributed by atoms with Crippen LogP contribution in [0.4, 0.5) is 5.69 Å². The Labute approximate surface area is 183 Å². The number of imidazole rings is 1. The number of amides is 1. The zero-order valence-electron chi connectivity index (χ0n) is 18.0. The standard InChI is InChI=1S/C23H28N4O3S/c1-17-6-8-20(18(2)14-17)25-23(28)10-13-26-16-24-21-15-19(7-9-22(21)26)31(29,30)27-11-4-3-5-12-27/h6-9,14-16H,3-5,10-13H2,1-2H3,(H,25,28). The molecule has 0 unspecified atom stereocenters. The van der Waals surface area contributed by atoms with E-state index < -0.39 is 10.0 Å². The summed E-state index contributed by atoms with van der Waals surface area (Å²) in [5.41, 5.74) is 4.44. The fourth-order valence-electron chi connectivity index (χ4n) is 4.03. The van der Waals surface area contributed by atoms with Gasteiger partial charge in [-0.2, -0.15) is 4.31 Å². The molecule has 0 atom stereocenters. The molecular weight excluding hydrogens is 412 g/mol. The van der Waals surface area contributed by atoms with Crippen LogP contribution in [-0.2, 0) is 21.4 Å². The molecule has 2 heterocycles. The molecule has 1 aromatic heterocycles. The van der Waals surface area contributed by atoms with E-state index in [-0.39, 0.29) is 10.8 Å². The van der Waals surface area contributed by atoms with Crippen LogP contribution in [0.3, 0.4) is 0 Å². The Kier molecular flexibility index (Phi) is 6.11. The van der Waals surface area contributed by atoms with Crippen LogP contribution in [0.25, 0.3) is 11.0 Å². The SMILES string of the molecule is Cc1ccc(NC(=O)CCn2cnc3cc(S(=O)(=O)N4CCCCC4)ccc32)c(C)c1. The maximum Gasteiger partial charge on any atom is 0.243 e. The lowest BCUT2D eigenvalue weighted by Gasteiger charge is -2.25. The summed E-state index contributed by atoms with van der Waals surface area (Å²) in [7, 11) is -3.49. The van der Waals surface area contributed by atoms with E-state index in [0.717, 1.165) is 41.6 Å². The summed E-state index contributed by atoms with van der Waals surface area (Å²) < 4.78 is 29.3. The molecule has 8 heteroatoms. The van der Waals surface area contributed by atoms with E-state index in [1.165, 1.54) is 0 Å². The smallest absolute Gasteiger partial charge is 0.243 e. The second kappa shape index (κ2) is 8.80. The van der Waals surface area contributed by atoms with Crippen molar-refractivity contribution in [1.29, 1.82) is 0 Å². The average Bonchev–Trinajstić information content (AvgIpc) is 3.17. The summed E-state index contributed by atoms with van der Waals surface area (Å²) in [5, 5.41) is 2.96. The zero-order chi connectivity index (χ0) is 22.0. The number of carbonyl (C=O) groups excluding carboxylic acids is 1. The molecule has 4 rings (SSSR count). The number of fused-ring (bicyclic) bond motifs is 1. The Morgan fingerprint density at radius 2 is 1.84 bits per heavy atom. The van der Waals surface area contributed by atoms with Crippen LogP contribution >= 0.6 is 0 Å². The first-order valence-corrected chi connectivity index (χ1v) is 12.1. The largest absolute Gasteiger partial charge is 0.330 e. The number of benzene rings is 2. The third kappa shape index (κ3) is 4.65. The molecule has 1 amide bonds. The van der Waals surface area contributed by atoms with Crippen molar-refractivity contribution in [2.75, 3.05) is 18.4 Å². The highest BCUT2D eigenvalue weighted by molar-refractivity contribution is 7.89. The van der Waals surface area contributed by atoms with Crippen molar-refractivity contribution >= 4 is 32.7 Å². The average molecular weight is 441 g/mol. The summed E-state index contributed by atoms with van der Waals surface area (Å²) >= 11 is 0. The minimum Gasteiger partial charge on any atom is -0.330 e. The number of hydrogen-bond donors (Lipinski definition) is 1. The van der Waals surface area contributed by atoms with Crippen molar-refractivity contribution in [3.63, 3.8) is 0 Å². The normalized spacial score (nSPS) is 15.3. The number of aromatic nitrogens is 2. The number of nitrogens with zero attached hydrogens (tertiary/aromatic N) is 3. The lowest BCUT2D eigenvalue weighted by Crippen LogP contribution is -2.35. The molecule has 1 fully saturated rings. The van der Waals surface area contributed by atoms with Gasteiger partial charge in [-0.1, -0.05) is 24.1 Å². The van der Waals surface area contributed by atoms with Crippen molar-refractivity contribution in [1.82, 2.24) is 13.9 Å². The Morgan fingerprint density at radius 1 is 1.06 bits per heavy atom. The van der Waals surface area contributed by atoms with Crippen molar-refractivity contribution in [2.24, 2.45) is 0 Å². The molecule has 1 saturated heterocycles. The molecule has 31 heavy (non-hydrogen) atoms. The summed E-state index contributed by atoms with van der Waals surface area (Å²) in [6.45, 7) is 5.60. The van der Waals surface area contributed by atoms with Crippen molar-refractivity contribution < 1.29 is 13.2 Å². The zero-order valence-corrected chi connectivity index (χ0v) is 18.8. The van der Waals surface area contributed by atoms with E-state index in [0.29, 0.717) is 31.6 Å². The fourth-order valence-corrected chi connectivity index (χ4v) is 5.56. The number of anilines is 1. The van der Waals surface area contributed by atoms with E-state index in [1.54, 1.807) is 28.8 Å². The third-order valence-electron chi connectivity index (χ3n) is 5.78. The maximum atomic E-state index is 12.9. The van der Waals surface area contributed by atoms with Crippen LogP contribution < -0.4 is 5.32 Å². The molecule has 0 spiro atoms. The first kappa shape index (κ1) is 21.5. The van der Waals surface area contributed by atoms with E-state index >= 15 is 0 Å². The minimum absolute atomic E-state index is 0.0712. The molecule has 0 bridgehead atoms.